The fourth-order valence-corrected chi connectivity index (χ4v) is 4.24. The molecule has 0 aliphatic carbocycles. The molecule has 1 atom stereocenters. The van der Waals surface area contributed by atoms with E-state index in [1.54, 1.807) is 13.3 Å². The van der Waals surface area contributed by atoms with E-state index in [1.165, 1.54) is 0 Å². The van der Waals surface area contributed by atoms with Crippen molar-refractivity contribution in [1.29, 1.82) is 0 Å². The maximum absolute atomic E-state index is 6.24. The van der Waals surface area contributed by atoms with E-state index in [-0.39, 0.29) is 0 Å². The van der Waals surface area contributed by atoms with Crippen molar-refractivity contribution >= 4 is 16.7 Å². The number of rotatable bonds is 8. The lowest BCUT2D eigenvalue weighted by Crippen LogP contribution is -2.27. The summed E-state index contributed by atoms with van der Waals surface area (Å²) in [6.45, 7) is 2.16. The van der Waals surface area contributed by atoms with Gasteiger partial charge in [-0.05, 0) is 56.9 Å². The van der Waals surface area contributed by atoms with Crippen molar-refractivity contribution < 1.29 is 14.2 Å². The molecular formula is C26H30N6O3. The summed E-state index contributed by atoms with van der Waals surface area (Å²) in [6.07, 6.45) is 4.22. The summed E-state index contributed by atoms with van der Waals surface area (Å²) in [7, 11) is 7.88. The first-order valence-electron chi connectivity index (χ1n) is 11.7. The Bertz CT molecular complexity index is 1310. The third-order valence-corrected chi connectivity index (χ3v) is 6.07. The number of para-hydroxylation sites is 2. The van der Waals surface area contributed by atoms with Gasteiger partial charge in [-0.3, -0.25) is 5.10 Å². The maximum atomic E-state index is 6.24. The zero-order chi connectivity index (χ0) is 24.4. The summed E-state index contributed by atoms with van der Waals surface area (Å²) in [5.41, 5.74) is 2.69. The fourth-order valence-electron chi connectivity index (χ4n) is 4.24. The monoisotopic (exact) mass is 474 g/mol. The Hall–Kier alpha value is -3.85. The Balaban J connectivity index is 1.60. The van der Waals surface area contributed by atoms with E-state index >= 15 is 0 Å². The Kier molecular flexibility index (Phi) is 6.41. The van der Waals surface area contributed by atoms with E-state index in [9.17, 15) is 0 Å². The molecule has 5 rings (SSSR count). The molecule has 9 nitrogen and oxygen atoms in total. The van der Waals surface area contributed by atoms with Crippen LogP contribution in [0.15, 0.2) is 48.8 Å². The van der Waals surface area contributed by atoms with Gasteiger partial charge in [-0.15, -0.1) is 0 Å². The first-order chi connectivity index (χ1) is 17.0. The Labute approximate surface area is 204 Å². The molecule has 0 bridgehead atoms. The van der Waals surface area contributed by atoms with Gasteiger partial charge in [-0.2, -0.15) is 5.10 Å². The SMILES string of the molecule is COc1cc(-c2cn[nH]c2)cc2c(N(C)CCCN(C)C)nc(C3COc4ccccc4O3)nc12. The second kappa shape index (κ2) is 9.79. The lowest BCUT2D eigenvalue weighted by Gasteiger charge is -2.27. The minimum atomic E-state index is -0.429. The highest BCUT2D eigenvalue weighted by atomic mass is 16.6. The molecule has 0 fully saturated rings. The van der Waals surface area contributed by atoms with Crippen LogP contribution >= 0.6 is 0 Å². The van der Waals surface area contributed by atoms with Gasteiger partial charge in [0.25, 0.3) is 0 Å². The number of benzene rings is 2. The topological polar surface area (TPSA) is 88.6 Å². The molecule has 3 heterocycles. The molecule has 35 heavy (non-hydrogen) atoms. The van der Waals surface area contributed by atoms with Crippen LogP contribution in [0.1, 0.15) is 18.3 Å². The molecule has 2 aromatic carbocycles. The average molecular weight is 475 g/mol. The van der Waals surface area contributed by atoms with Gasteiger partial charge < -0.3 is 24.0 Å². The van der Waals surface area contributed by atoms with Crippen LogP contribution in [0.2, 0.25) is 0 Å². The summed E-state index contributed by atoms with van der Waals surface area (Å²) < 4.78 is 18.0. The summed E-state index contributed by atoms with van der Waals surface area (Å²) in [6, 6.07) is 11.7. The zero-order valence-corrected chi connectivity index (χ0v) is 20.5. The first-order valence-corrected chi connectivity index (χ1v) is 11.7. The van der Waals surface area contributed by atoms with Crippen molar-refractivity contribution in [3.05, 3.63) is 54.6 Å². The minimum absolute atomic E-state index is 0.335. The number of nitrogens with zero attached hydrogens (tertiary/aromatic N) is 5. The van der Waals surface area contributed by atoms with Crippen LogP contribution in [0.5, 0.6) is 17.2 Å². The molecule has 0 saturated carbocycles. The van der Waals surface area contributed by atoms with Crippen molar-refractivity contribution in [2.24, 2.45) is 0 Å². The van der Waals surface area contributed by atoms with Gasteiger partial charge >= 0.3 is 0 Å². The summed E-state index contributed by atoms with van der Waals surface area (Å²) >= 11 is 0. The molecule has 1 aliphatic heterocycles. The van der Waals surface area contributed by atoms with Crippen LogP contribution in [0, 0.1) is 0 Å². The number of hydrogen-bond donors (Lipinski definition) is 1. The number of aromatic nitrogens is 4. The van der Waals surface area contributed by atoms with E-state index in [2.05, 4.69) is 47.2 Å². The van der Waals surface area contributed by atoms with Gasteiger partial charge in [0.1, 0.15) is 23.7 Å². The minimum Gasteiger partial charge on any atom is -0.494 e. The lowest BCUT2D eigenvalue weighted by molar-refractivity contribution is 0.0853. The predicted molar refractivity (Wildman–Crippen MR) is 135 cm³/mol. The summed E-state index contributed by atoms with van der Waals surface area (Å²) in [5.74, 6) is 3.48. The largest absolute Gasteiger partial charge is 0.494 e. The van der Waals surface area contributed by atoms with Crippen molar-refractivity contribution in [3.63, 3.8) is 0 Å². The summed E-state index contributed by atoms with van der Waals surface area (Å²) in [5, 5.41) is 7.89. The van der Waals surface area contributed by atoms with Crippen LogP contribution in [0.3, 0.4) is 0 Å². The summed E-state index contributed by atoms with van der Waals surface area (Å²) in [4.78, 5) is 14.3. The third-order valence-electron chi connectivity index (χ3n) is 6.07. The molecule has 0 amide bonds. The number of aromatic amines is 1. The predicted octanol–water partition coefficient (Wildman–Crippen LogP) is 3.93. The molecule has 0 saturated heterocycles. The van der Waals surface area contributed by atoms with Gasteiger partial charge in [0.05, 0.1) is 13.3 Å². The van der Waals surface area contributed by atoms with Gasteiger partial charge in [0.2, 0.25) is 0 Å². The number of anilines is 1. The molecule has 1 unspecified atom stereocenters. The molecule has 4 aromatic rings. The van der Waals surface area contributed by atoms with Crippen molar-refractivity contribution in [3.8, 4) is 28.4 Å². The Morgan fingerprint density at radius 1 is 1.06 bits per heavy atom. The number of fused-ring (bicyclic) bond motifs is 2. The van der Waals surface area contributed by atoms with Gasteiger partial charge in [-0.25, -0.2) is 9.97 Å². The Morgan fingerprint density at radius 3 is 2.63 bits per heavy atom. The van der Waals surface area contributed by atoms with E-state index in [1.807, 2.05) is 36.5 Å². The smallest absolute Gasteiger partial charge is 0.192 e. The van der Waals surface area contributed by atoms with Crippen molar-refractivity contribution in [2.45, 2.75) is 12.5 Å². The zero-order valence-electron chi connectivity index (χ0n) is 20.5. The number of ether oxygens (including phenoxy) is 3. The fraction of sp³-hybridized carbons (Fsp3) is 0.346. The van der Waals surface area contributed by atoms with E-state index in [4.69, 9.17) is 24.2 Å². The molecule has 9 heteroatoms. The standard InChI is InChI=1S/C26H30N6O3/c1-31(2)10-7-11-32(3)26-19-12-17(18-14-27-28-15-18)13-22(33-4)24(19)29-25(30-26)23-16-34-20-8-5-6-9-21(20)35-23/h5-6,8-9,12-15,23H,7,10-11,16H2,1-4H3,(H,27,28). The van der Waals surface area contributed by atoms with Crippen LogP contribution in [-0.2, 0) is 0 Å². The third kappa shape index (κ3) is 4.72. The van der Waals surface area contributed by atoms with Gasteiger partial charge in [-0.1, -0.05) is 12.1 Å². The molecule has 1 aliphatic rings. The molecule has 0 spiro atoms. The van der Waals surface area contributed by atoms with Crippen LogP contribution in [-0.4, -0.2) is 73.0 Å². The molecule has 182 valence electrons. The first kappa shape index (κ1) is 22.9. The van der Waals surface area contributed by atoms with E-state index in [0.29, 0.717) is 23.9 Å². The van der Waals surface area contributed by atoms with Gasteiger partial charge in [0, 0.05) is 30.7 Å². The maximum Gasteiger partial charge on any atom is 0.192 e. The van der Waals surface area contributed by atoms with Crippen molar-refractivity contribution in [2.75, 3.05) is 52.8 Å². The normalized spacial score (nSPS) is 14.9. The number of hydrogen-bond acceptors (Lipinski definition) is 8. The van der Waals surface area contributed by atoms with Crippen LogP contribution in [0.4, 0.5) is 5.82 Å². The average Bonchev–Trinajstić information content (AvgIpc) is 3.42. The number of H-pyrrole nitrogens is 1. The molecular weight excluding hydrogens is 444 g/mol. The lowest BCUT2D eigenvalue weighted by atomic mass is 10.0. The van der Waals surface area contributed by atoms with Crippen LogP contribution in [0.25, 0.3) is 22.0 Å². The van der Waals surface area contributed by atoms with Crippen molar-refractivity contribution in [1.82, 2.24) is 25.1 Å². The van der Waals surface area contributed by atoms with Gasteiger partial charge in [0.15, 0.2) is 23.4 Å². The molecule has 1 N–H and O–H groups in total. The second-order valence-corrected chi connectivity index (χ2v) is 8.91. The molecule has 0 radical (unpaired) electrons. The van der Waals surface area contributed by atoms with E-state index in [0.717, 1.165) is 53.1 Å². The van der Waals surface area contributed by atoms with Crippen LogP contribution < -0.4 is 19.1 Å². The highest BCUT2D eigenvalue weighted by Gasteiger charge is 2.27. The Morgan fingerprint density at radius 2 is 1.89 bits per heavy atom. The number of nitrogens with one attached hydrogen (secondary N) is 1. The molecule has 2 aromatic heterocycles. The van der Waals surface area contributed by atoms with E-state index < -0.39 is 6.10 Å². The number of methoxy groups -OCH3 is 1. The quantitative estimate of drug-likeness (QED) is 0.411. The highest BCUT2D eigenvalue weighted by Crippen LogP contribution is 2.39. The highest BCUT2D eigenvalue weighted by molar-refractivity contribution is 5.97. The second-order valence-electron chi connectivity index (χ2n) is 8.91.